The third-order valence-electron chi connectivity index (χ3n) is 3.71. The van der Waals surface area contributed by atoms with Gasteiger partial charge in [-0.1, -0.05) is 18.2 Å². The zero-order valence-electron chi connectivity index (χ0n) is 12.0. The molecular weight excluding hydrogens is 278 g/mol. The number of halogens is 2. The molecule has 1 amide bonds. The number of para-hydroxylation sites is 1. The summed E-state index contributed by atoms with van der Waals surface area (Å²) >= 11 is 0. The van der Waals surface area contributed by atoms with E-state index in [1.807, 2.05) is 7.05 Å². The summed E-state index contributed by atoms with van der Waals surface area (Å²) in [5.41, 5.74) is 0.495. The van der Waals surface area contributed by atoms with E-state index in [1.54, 1.807) is 23.1 Å². The van der Waals surface area contributed by atoms with Crippen molar-refractivity contribution in [1.82, 2.24) is 10.2 Å². The highest BCUT2D eigenvalue weighted by Crippen LogP contribution is 2.22. The van der Waals surface area contributed by atoms with Crippen LogP contribution in [-0.2, 0) is 11.2 Å². The Bertz CT molecular complexity index is 482. The van der Waals surface area contributed by atoms with Crippen LogP contribution >= 0.6 is 0 Å². The number of hydrogen-bond donors (Lipinski definition) is 1. The molecule has 1 saturated heterocycles. The van der Waals surface area contributed by atoms with Crippen molar-refractivity contribution in [3.8, 4) is 5.75 Å². The highest BCUT2D eigenvalue weighted by atomic mass is 19.3. The highest BCUT2D eigenvalue weighted by molar-refractivity contribution is 5.79. The van der Waals surface area contributed by atoms with Gasteiger partial charge in [-0.2, -0.15) is 8.78 Å². The summed E-state index contributed by atoms with van der Waals surface area (Å²) < 4.78 is 29.2. The molecule has 1 aliphatic heterocycles. The first-order valence-corrected chi connectivity index (χ1v) is 7.08. The smallest absolute Gasteiger partial charge is 0.387 e. The zero-order valence-corrected chi connectivity index (χ0v) is 12.0. The maximum absolute atomic E-state index is 12.4. The van der Waals surface area contributed by atoms with E-state index < -0.39 is 6.61 Å². The van der Waals surface area contributed by atoms with E-state index in [9.17, 15) is 13.6 Å². The van der Waals surface area contributed by atoms with E-state index in [1.165, 1.54) is 6.07 Å². The van der Waals surface area contributed by atoms with E-state index in [-0.39, 0.29) is 18.1 Å². The van der Waals surface area contributed by atoms with Crippen molar-refractivity contribution in [1.29, 1.82) is 0 Å². The molecule has 0 aliphatic carbocycles. The normalized spacial score (nSPS) is 18.9. The predicted octanol–water partition coefficient (Wildman–Crippen LogP) is 2.04. The molecule has 4 nitrogen and oxygen atoms in total. The van der Waals surface area contributed by atoms with Gasteiger partial charge < -0.3 is 15.0 Å². The SMILES string of the molecule is CNC1CCCN(C(=O)Cc2ccccc2OC(F)F)C1. The number of ether oxygens (including phenoxy) is 1. The van der Waals surface area contributed by atoms with E-state index in [2.05, 4.69) is 10.1 Å². The molecular formula is C15H20F2N2O2. The first-order chi connectivity index (χ1) is 10.1. The average Bonchev–Trinajstić information content (AvgIpc) is 2.48. The van der Waals surface area contributed by atoms with Crippen molar-refractivity contribution >= 4 is 5.91 Å². The van der Waals surface area contributed by atoms with Crippen molar-refractivity contribution in [2.75, 3.05) is 20.1 Å². The lowest BCUT2D eigenvalue weighted by atomic mass is 10.0. The monoisotopic (exact) mass is 298 g/mol. The van der Waals surface area contributed by atoms with Gasteiger partial charge in [-0.05, 0) is 26.0 Å². The van der Waals surface area contributed by atoms with Crippen molar-refractivity contribution in [2.24, 2.45) is 0 Å². The summed E-state index contributed by atoms with van der Waals surface area (Å²) in [6, 6.07) is 6.74. The van der Waals surface area contributed by atoms with Gasteiger partial charge in [-0.25, -0.2) is 0 Å². The number of benzene rings is 1. The van der Waals surface area contributed by atoms with Gasteiger partial charge in [0.15, 0.2) is 0 Å². The molecule has 1 fully saturated rings. The Labute approximate surface area is 123 Å². The van der Waals surface area contributed by atoms with Crippen LogP contribution in [0.1, 0.15) is 18.4 Å². The number of amides is 1. The maximum Gasteiger partial charge on any atom is 0.387 e. The number of carbonyl (C=O) groups excluding carboxylic acids is 1. The van der Waals surface area contributed by atoms with Gasteiger partial charge in [-0.15, -0.1) is 0 Å². The Morgan fingerprint density at radius 3 is 2.95 bits per heavy atom. The summed E-state index contributed by atoms with van der Waals surface area (Å²) in [5.74, 6) is 0.0169. The molecule has 0 radical (unpaired) electrons. The van der Waals surface area contributed by atoms with E-state index in [0.717, 1.165) is 19.4 Å². The third kappa shape index (κ3) is 4.39. The number of likely N-dealkylation sites (tertiary alicyclic amines) is 1. The van der Waals surface area contributed by atoms with Gasteiger partial charge in [0.05, 0.1) is 6.42 Å². The number of likely N-dealkylation sites (N-methyl/N-ethyl adjacent to an activating group) is 1. The Morgan fingerprint density at radius 2 is 2.24 bits per heavy atom. The fraction of sp³-hybridized carbons (Fsp3) is 0.533. The second-order valence-corrected chi connectivity index (χ2v) is 5.13. The number of nitrogens with zero attached hydrogens (tertiary/aromatic N) is 1. The van der Waals surface area contributed by atoms with E-state index in [0.29, 0.717) is 18.2 Å². The first kappa shape index (κ1) is 15.7. The number of hydrogen-bond acceptors (Lipinski definition) is 3. The Balaban J connectivity index is 2.02. The molecule has 21 heavy (non-hydrogen) atoms. The molecule has 1 N–H and O–H groups in total. The topological polar surface area (TPSA) is 41.6 Å². The van der Waals surface area contributed by atoms with Gasteiger partial charge in [0.2, 0.25) is 5.91 Å². The fourth-order valence-corrected chi connectivity index (χ4v) is 2.57. The zero-order chi connectivity index (χ0) is 15.2. The van der Waals surface area contributed by atoms with E-state index >= 15 is 0 Å². The molecule has 0 saturated carbocycles. The van der Waals surface area contributed by atoms with Crippen LogP contribution in [0.15, 0.2) is 24.3 Å². The molecule has 1 atom stereocenters. The summed E-state index contributed by atoms with van der Waals surface area (Å²) in [6.07, 6.45) is 2.08. The molecule has 0 bridgehead atoms. The fourth-order valence-electron chi connectivity index (χ4n) is 2.57. The minimum absolute atomic E-state index is 0.0553. The van der Waals surface area contributed by atoms with Crippen LogP contribution in [0, 0.1) is 0 Å². The number of alkyl halides is 2. The molecule has 1 aliphatic rings. The van der Waals surface area contributed by atoms with Crippen molar-refractivity contribution in [2.45, 2.75) is 31.9 Å². The molecule has 116 valence electrons. The molecule has 6 heteroatoms. The lowest BCUT2D eigenvalue weighted by Gasteiger charge is -2.32. The molecule has 0 spiro atoms. The van der Waals surface area contributed by atoms with Crippen LogP contribution in [-0.4, -0.2) is 43.6 Å². The first-order valence-electron chi connectivity index (χ1n) is 7.08. The second-order valence-electron chi connectivity index (χ2n) is 5.13. The quantitative estimate of drug-likeness (QED) is 0.904. The standard InChI is InChI=1S/C15H20F2N2O2/c1-18-12-6-4-8-19(10-12)14(20)9-11-5-2-3-7-13(11)21-15(16)17/h2-3,5,7,12,15,18H,4,6,8-10H2,1H3. The van der Waals surface area contributed by atoms with Gasteiger partial charge in [0.25, 0.3) is 0 Å². The van der Waals surface area contributed by atoms with Crippen LogP contribution in [0.2, 0.25) is 0 Å². The lowest BCUT2D eigenvalue weighted by molar-refractivity contribution is -0.131. The minimum Gasteiger partial charge on any atom is -0.435 e. The molecule has 1 aromatic rings. The summed E-state index contributed by atoms with van der Waals surface area (Å²) in [7, 11) is 1.88. The lowest BCUT2D eigenvalue weighted by Crippen LogP contribution is -2.47. The Hall–Kier alpha value is -1.69. The average molecular weight is 298 g/mol. The highest BCUT2D eigenvalue weighted by Gasteiger charge is 2.23. The van der Waals surface area contributed by atoms with Crippen LogP contribution in [0.3, 0.4) is 0 Å². The summed E-state index contributed by atoms with van der Waals surface area (Å²) in [4.78, 5) is 14.1. The van der Waals surface area contributed by atoms with Crippen LogP contribution in [0.4, 0.5) is 8.78 Å². The van der Waals surface area contributed by atoms with Gasteiger partial charge in [-0.3, -0.25) is 4.79 Å². The summed E-state index contributed by atoms with van der Waals surface area (Å²) in [6.45, 7) is -1.51. The molecule has 0 aromatic heterocycles. The number of piperidine rings is 1. The van der Waals surface area contributed by atoms with E-state index in [4.69, 9.17) is 0 Å². The number of carbonyl (C=O) groups is 1. The van der Waals surface area contributed by atoms with Crippen molar-refractivity contribution < 1.29 is 18.3 Å². The Kier molecular flexibility index (Phi) is 5.50. The molecule has 1 aromatic carbocycles. The largest absolute Gasteiger partial charge is 0.435 e. The number of nitrogens with one attached hydrogen (secondary N) is 1. The van der Waals surface area contributed by atoms with Crippen LogP contribution in [0.5, 0.6) is 5.75 Å². The molecule has 1 unspecified atom stereocenters. The van der Waals surface area contributed by atoms with Gasteiger partial charge in [0.1, 0.15) is 5.75 Å². The van der Waals surface area contributed by atoms with Crippen LogP contribution in [0.25, 0.3) is 0 Å². The Morgan fingerprint density at radius 1 is 1.48 bits per heavy atom. The van der Waals surface area contributed by atoms with Gasteiger partial charge >= 0.3 is 6.61 Å². The molecule has 2 rings (SSSR count). The van der Waals surface area contributed by atoms with Crippen molar-refractivity contribution in [3.63, 3.8) is 0 Å². The predicted molar refractivity (Wildman–Crippen MR) is 75.4 cm³/mol. The van der Waals surface area contributed by atoms with Crippen molar-refractivity contribution in [3.05, 3.63) is 29.8 Å². The third-order valence-corrected chi connectivity index (χ3v) is 3.71. The summed E-state index contributed by atoms with van der Waals surface area (Å²) in [5, 5.41) is 3.17. The van der Waals surface area contributed by atoms with Gasteiger partial charge in [0, 0.05) is 24.7 Å². The minimum atomic E-state index is -2.88. The maximum atomic E-state index is 12.4. The van der Waals surface area contributed by atoms with Crippen LogP contribution < -0.4 is 10.1 Å². The second kappa shape index (κ2) is 7.36. The molecule has 1 heterocycles. The number of rotatable bonds is 5.